The third-order valence-corrected chi connectivity index (χ3v) is 6.11. The van der Waals surface area contributed by atoms with E-state index in [4.69, 9.17) is 0 Å². The van der Waals surface area contributed by atoms with Crippen molar-refractivity contribution in [3.05, 3.63) is 29.3 Å². The summed E-state index contributed by atoms with van der Waals surface area (Å²) in [6.07, 6.45) is 6.66. The van der Waals surface area contributed by atoms with E-state index in [1.807, 2.05) is 6.07 Å². The molecular formula is C16H22N2O3S. The molecule has 1 saturated carbocycles. The second-order valence-corrected chi connectivity index (χ2v) is 8.33. The molecule has 22 heavy (non-hydrogen) atoms. The summed E-state index contributed by atoms with van der Waals surface area (Å²) in [5.41, 5.74) is 2.25. The number of fused-ring (bicyclic) bond motifs is 2. The molecule has 0 radical (unpaired) electrons. The Morgan fingerprint density at radius 1 is 1.23 bits per heavy atom. The Kier molecular flexibility index (Phi) is 3.67. The highest BCUT2D eigenvalue weighted by molar-refractivity contribution is 7.92. The van der Waals surface area contributed by atoms with Crippen molar-refractivity contribution in [3.8, 4) is 0 Å². The van der Waals surface area contributed by atoms with Gasteiger partial charge in [0.25, 0.3) is 5.91 Å². The lowest BCUT2D eigenvalue weighted by atomic mass is 9.70. The average molecular weight is 322 g/mol. The highest BCUT2D eigenvalue weighted by Gasteiger charge is 2.46. The quantitative estimate of drug-likeness (QED) is 0.906. The van der Waals surface area contributed by atoms with E-state index >= 15 is 0 Å². The Bertz CT molecular complexity index is 706. The number of nitrogens with zero attached hydrogens (tertiary/aromatic N) is 1. The molecular weight excluding hydrogens is 300 g/mol. The van der Waals surface area contributed by atoms with Gasteiger partial charge in [0.1, 0.15) is 0 Å². The summed E-state index contributed by atoms with van der Waals surface area (Å²) in [5.74, 6) is -0.133. The van der Waals surface area contributed by atoms with E-state index in [9.17, 15) is 13.2 Å². The molecule has 0 saturated heterocycles. The molecule has 2 aliphatic rings. The molecule has 0 unspecified atom stereocenters. The van der Waals surface area contributed by atoms with E-state index in [1.165, 1.54) is 17.0 Å². The van der Waals surface area contributed by atoms with Gasteiger partial charge in [0.2, 0.25) is 10.0 Å². The number of amides is 1. The van der Waals surface area contributed by atoms with Crippen LogP contribution in [0.2, 0.25) is 0 Å². The molecule has 0 aromatic heterocycles. The van der Waals surface area contributed by atoms with Gasteiger partial charge >= 0.3 is 0 Å². The zero-order valence-electron chi connectivity index (χ0n) is 13.1. The third-order valence-electron chi connectivity index (χ3n) is 4.98. The predicted molar refractivity (Wildman–Crippen MR) is 86.8 cm³/mol. The summed E-state index contributed by atoms with van der Waals surface area (Å²) in [5, 5.41) is 2.63. The minimum Gasteiger partial charge on any atom is -0.355 e. The number of benzene rings is 1. The van der Waals surface area contributed by atoms with E-state index in [0.29, 0.717) is 12.1 Å². The maximum atomic E-state index is 12.1. The summed E-state index contributed by atoms with van der Waals surface area (Å²) >= 11 is 0. The van der Waals surface area contributed by atoms with Gasteiger partial charge in [-0.05, 0) is 36.6 Å². The summed E-state index contributed by atoms with van der Waals surface area (Å²) < 4.78 is 25.8. The fourth-order valence-corrected chi connectivity index (χ4v) is 4.86. The van der Waals surface area contributed by atoms with E-state index in [0.717, 1.165) is 36.9 Å². The van der Waals surface area contributed by atoms with Gasteiger partial charge in [0, 0.05) is 24.6 Å². The predicted octanol–water partition coefficient (Wildman–Crippen LogP) is 2.03. The molecule has 3 rings (SSSR count). The lowest BCUT2D eigenvalue weighted by Gasteiger charge is -2.34. The van der Waals surface area contributed by atoms with Crippen LogP contribution in [0.4, 0.5) is 5.69 Å². The molecule has 6 heteroatoms. The van der Waals surface area contributed by atoms with Crippen LogP contribution in [0.5, 0.6) is 0 Å². The molecule has 1 spiro atoms. The van der Waals surface area contributed by atoms with Crippen molar-refractivity contribution in [2.24, 2.45) is 0 Å². The number of nitrogens with one attached hydrogen (secondary N) is 1. The Hall–Kier alpha value is -1.56. The molecule has 1 aromatic carbocycles. The Labute approximate surface area is 131 Å². The van der Waals surface area contributed by atoms with Crippen LogP contribution in [0.1, 0.15) is 48.0 Å². The van der Waals surface area contributed by atoms with Gasteiger partial charge in [0.15, 0.2) is 0 Å². The molecule has 0 bridgehead atoms. The van der Waals surface area contributed by atoms with Crippen molar-refractivity contribution < 1.29 is 13.2 Å². The topological polar surface area (TPSA) is 66.5 Å². The molecule has 5 nitrogen and oxygen atoms in total. The Morgan fingerprint density at radius 3 is 2.50 bits per heavy atom. The number of rotatable bonds is 2. The van der Waals surface area contributed by atoms with Crippen LogP contribution in [0.15, 0.2) is 18.2 Å². The van der Waals surface area contributed by atoms with Gasteiger partial charge in [-0.2, -0.15) is 0 Å². The highest BCUT2D eigenvalue weighted by Crippen LogP contribution is 2.50. The molecule has 1 aromatic rings. The smallest absolute Gasteiger partial charge is 0.251 e. The van der Waals surface area contributed by atoms with Crippen molar-refractivity contribution in [3.63, 3.8) is 0 Å². The first kappa shape index (κ1) is 15.3. The van der Waals surface area contributed by atoms with Crippen LogP contribution in [0.3, 0.4) is 0 Å². The number of hydrogen-bond donors (Lipinski definition) is 1. The minimum atomic E-state index is -3.30. The largest absolute Gasteiger partial charge is 0.355 e. The van der Waals surface area contributed by atoms with Crippen LogP contribution in [0.25, 0.3) is 0 Å². The molecule has 1 heterocycles. The van der Waals surface area contributed by atoms with E-state index < -0.39 is 10.0 Å². The summed E-state index contributed by atoms with van der Waals surface area (Å²) in [6, 6.07) is 5.38. The van der Waals surface area contributed by atoms with Gasteiger partial charge in [-0.3, -0.25) is 9.10 Å². The molecule has 1 aliphatic heterocycles. The minimum absolute atomic E-state index is 0.124. The summed E-state index contributed by atoms with van der Waals surface area (Å²) in [4.78, 5) is 11.9. The first-order chi connectivity index (χ1) is 10.4. The van der Waals surface area contributed by atoms with Gasteiger partial charge in [-0.25, -0.2) is 8.42 Å². The van der Waals surface area contributed by atoms with Crippen molar-refractivity contribution in [2.45, 2.75) is 37.5 Å². The summed E-state index contributed by atoms with van der Waals surface area (Å²) in [7, 11) is -1.69. The maximum Gasteiger partial charge on any atom is 0.251 e. The van der Waals surface area contributed by atoms with Crippen LogP contribution < -0.4 is 9.62 Å². The van der Waals surface area contributed by atoms with Crippen LogP contribution in [0, 0.1) is 0 Å². The fraction of sp³-hybridized carbons (Fsp3) is 0.562. The number of sulfonamides is 1. The van der Waals surface area contributed by atoms with Crippen molar-refractivity contribution in [2.75, 3.05) is 24.2 Å². The monoisotopic (exact) mass is 322 g/mol. The first-order valence-corrected chi connectivity index (χ1v) is 9.57. The second-order valence-electron chi connectivity index (χ2n) is 6.42. The molecule has 1 amide bonds. The van der Waals surface area contributed by atoms with Crippen molar-refractivity contribution >= 4 is 21.6 Å². The molecule has 1 fully saturated rings. The average Bonchev–Trinajstić information content (AvgIpc) is 2.81. The van der Waals surface area contributed by atoms with Gasteiger partial charge < -0.3 is 5.32 Å². The van der Waals surface area contributed by atoms with Crippen molar-refractivity contribution in [1.82, 2.24) is 5.32 Å². The normalized spacial score (nSPS) is 20.0. The number of carbonyl (C=O) groups excluding carboxylic acids is 1. The van der Waals surface area contributed by atoms with Crippen LogP contribution in [-0.4, -0.2) is 34.2 Å². The second kappa shape index (κ2) is 5.26. The van der Waals surface area contributed by atoms with Crippen molar-refractivity contribution in [1.29, 1.82) is 0 Å². The molecule has 1 aliphatic carbocycles. The van der Waals surface area contributed by atoms with Gasteiger partial charge in [-0.1, -0.05) is 19.3 Å². The van der Waals surface area contributed by atoms with E-state index in [-0.39, 0.29) is 11.3 Å². The molecule has 120 valence electrons. The highest BCUT2D eigenvalue weighted by atomic mass is 32.2. The Balaban J connectivity index is 2.14. The zero-order chi connectivity index (χ0) is 16.0. The first-order valence-electron chi connectivity index (χ1n) is 7.72. The number of carbonyl (C=O) groups is 1. The zero-order valence-corrected chi connectivity index (χ0v) is 13.9. The van der Waals surface area contributed by atoms with Crippen LogP contribution >= 0.6 is 0 Å². The number of anilines is 1. The van der Waals surface area contributed by atoms with Gasteiger partial charge in [-0.15, -0.1) is 0 Å². The lowest BCUT2D eigenvalue weighted by molar-refractivity contribution is 0.0963. The third kappa shape index (κ3) is 2.39. The fourth-order valence-electron chi connectivity index (χ4n) is 3.86. The number of hydrogen-bond acceptors (Lipinski definition) is 3. The van der Waals surface area contributed by atoms with E-state index in [2.05, 4.69) is 5.32 Å². The standard InChI is InChI=1S/C16H22N2O3S/c1-17-15(19)12-6-7-14-13(10-12)16(8-4-3-5-9-16)11-18(14)22(2,20)21/h6-7,10H,3-5,8-9,11H2,1-2H3,(H,17,19). The molecule has 1 N–H and O–H groups in total. The SMILES string of the molecule is CNC(=O)c1ccc2c(c1)C1(CCCCC1)CN2S(C)(=O)=O. The van der Waals surface area contributed by atoms with E-state index in [1.54, 1.807) is 19.2 Å². The van der Waals surface area contributed by atoms with Gasteiger partial charge in [0.05, 0.1) is 11.9 Å². The Morgan fingerprint density at radius 2 is 1.91 bits per heavy atom. The van der Waals surface area contributed by atoms with Crippen LogP contribution in [-0.2, 0) is 15.4 Å². The molecule has 0 atom stereocenters. The summed E-state index contributed by atoms with van der Waals surface area (Å²) in [6.45, 7) is 0.512. The lowest BCUT2D eigenvalue weighted by Crippen LogP contribution is -2.37. The maximum absolute atomic E-state index is 12.1.